The van der Waals surface area contributed by atoms with Crippen LogP contribution in [0.25, 0.3) is 0 Å². The van der Waals surface area contributed by atoms with Gasteiger partial charge in [-0.1, -0.05) is 30.3 Å². The number of amides is 1. The number of nitrogens with zero attached hydrogens (tertiary/aromatic N) is 2. The predicted molar refractivity (Wildman–Crippen MR) is 84.6 cm³/mol. The average molecular weight is 296 g/mol. The van der Waals surface area contributed by atoms with E-state index in [0.29, 0.717) is 5.56 Å². The Bertz CT molecular complexity index is 615. The molecule has 0 N–H and O–H groups in total. The topological polar surface area (TPSA) is 42.4 Å². The zero-order valence-electron chi connectivity index (χ0n) is 12.7. The van der Waals surface area contributed by atoms with Crippen LogP contribution in [0.1, 0.15) is 22.3 Å². The highest BCUT2D eigenvalue weighted by molar-refractivity contribution is 5.94. The van der Waals surface area contributed by atoms with Gasteiger partial charge in [-0.05, 0) is 30.5 Å². The fourth-order valence-corrected chi connectivity index (χ4v) is 3.10. The molecule has 2 aromatic rings. The zero-order chi connectivity index (χ0) is 15.4. The Labute approximate surface area is 130 Å². The van der Waals surface area contributed by atoms with Gasteiger partial charge in [0.25, 0.3) is 5.91 Å². The molecule has 0 unspecified atom stereocenters. The number of carbonyl (C=O) groups excluding carboxylic acids is 1. The molecule has 114 valence electrons. The Balaban J connectivity index is 1.81. The number of carbonyl (C=O) groups is 1. The summed E-state index contributed by atoms with van der Waals surface area (Å²) in [5.74, 6) is 0.0357. The standard InChI is InChI=1S/C18H20N2O2/c1-22-17-9-11-20(18(21)15-8-5-10-19-13-15)16(17)12-14-6-3-2-4-7-14/h2-8,10,13,16-17H,9,11-12H2,1H3/t16-,17+/m0/s1. The predicted octanol–water partition coefficient (Wildman–Crippen LogP) is 2.55. The van der Waals surface area contributed by atoms with Crippen molar-refractivity contribution in [3.8, 4) is 0 Å². The van der Waals surface area contributed by atoms with Gasteiger partial charge in [-0.3, -0.25) is 9.78 Å². The van der Waals surface area contributed by atoms with Crippen LogP contribution in [-0.2, 0) is 11.2 Å². The smallest absolute Gasteiger partial charge is 0.255 e. The van der Waals surface area contributed by atoms with E-state index in [9.17, 15) is 4.79 Å². The van der Waals surface area contributed by atoms with Crippen molar-refractivity contribution in [3.05, 3.63) is 66.0 Å². The Hall–Kier alpha value is -2.20. The van der Waals surface area contributed by atoms with E-state index < -0.39 is 0 Å². The highest BCUT2D eigenvalue weighted by atomic mass is 16.5. The van der Waals surface area contributed by atoms with Gasteiger partial charge in [-0.25, -0.2) is 0 Å². The molecule has 3 rings (SSSR count). The lowest BCUT2D eigenvalue weighted by Crippen LogP contribution is -2.41. The van der Waals surface area contributed by atoms with Crippen LogP contribution in [0.15, 0.2) is 54.9 Å². The van der Waals surface area contributed by atoms with Crippen LogP contribution >= 0.6 is 0 Å². The van der Waals surface area contributed by atoms with Gasteiger partial charge in [0, 0.05) is 26.0 Å². The second kappa shape index (κ2) is 6.71. The summed E-state index contributed by atoms with van der Waals surface area (Å²) in [4.78, 5) is 18.7. The number of benzene rings is 1. The highest BCUT2D eigenvalue weighted by Crippen LogP contribution is 2.25. The lowest BCUT2D eigenvalue weighted by atomic mass is 10.0. The monoisotopic (exact) mass is 296 g/mol. The number of pyridine rings is 1. The Morgan fingerprint density at radius 1 is 1.27 bits per heavy atom. The van der Waals surface area contributed by atoms with Crippen molar-refractivity contribution in [2.24, 2.45) is 0 Å². The summed E-state index contributed by atoms with van der Waals surface area (Å²) < 4.78 is 5.60. The summed E-state index contributed by atoms with van der Waals surface area (Å²) >= 11 is 0. The van der Waals surface area contributed by atoms with Gasteiger partial charge in [0.1, 0.15) is 0 Å². The highest BCUT2D eigenvalue weighted by Gasteiger charge is 2.37. The molecule has 0 aliphatic carbocycles. The van der Waals surface area contributed by atoms with Crippen LogP contribution < -0.4 is 0 Å². The number of ether oxygens (including phenoxy) is 1. The van der Waals surface area contributed by atoms with Gasteiger partial charge in [0.2, 0.25) is 0 Å². The molecule has 4 heteroatoms. The van der Waals surface area contributed by atoms with Crippen molar-refractivity contribution < 1.29 is 9.53 Å². The van der Waals surface area contributed by atoms with Crippen LogP contribution in [0.5, 0.6) is 0 Å². The second-order valence-electron chi connectivity index (χ2n) is 5.56. The maximum absolute atomic E-state index is 12.7. The molecule has 1 aromatic heterocycles. The largest absolute Gasteiger partial charge is 0.379 e. The van der Waals surface area contributed by atoms with E-state index >= 15 is 0 Å². The summed E-state index contributed by atoms with van der Waals surface area (Å²) in [5, 5.41) is 0. The summed E-state index contributed by atoms with van der Waals surface area (Å²) in [6.45, 7) is 0.726. The molecule has 0 saturated carbocycles. The minimum Gasteiger partial charge on any atom is -0.379 e. The molecule has 2 heterocycles. The molecule has 4 nitrogen and oxygen atoms in total. The Morgan fingerprint density at radius 2 is 2.09 bits per heavy atom. The minimum atomic E-state index is 0.0357. The molecule has 0 bridgehead atoms. The van der Waals surface area contributed by atoms with Crippen molar-refractivity contribution in [1.29, 1.82) is 0 Å². The van der Waals surface area contributed by atoms with Crippen molar-refractivity contribution in [3.63, 3.8) is 0 Å². The number of aromatic nitrogens is 1. The molecule has 1 aromatic carbocycles. The first-order valence-electron chi connectivity index (χ1n) is 7.57. The number of hydrogen-bond acceptors (Lipinski definition) is 3. The van der Waals surface area contributed by atoms with E-state index in [0.717, 1.165) is 19.4 Å². The van der Waals surface area contributed by atoms with Crippen molar-refractivity contribution in [1.82, 2.24) is 9.88 Å². The van der Waals surface area contributed by atoms with E-state index in [1.807, 2.05) is 29.2 Å². The summed E-state index contributed by atoms with van der Waals surface area (Å²) in [6, 6.07) is 13.9. The molecule has 1 fully saturated rings. The first-order chi connectivity index (χ1) is 10.8. The summed E-state index contributed by atoms with van der Waals surface area (Å²) in [6.07, 6.45) is 5.08. The van der Waals surface area contributed by atoms with E-state index in [-0.39, 0.29) is 18.1 Å². The van der Waals surface area contributed by atoms with Crippen LogP contribution in [0, 0.1) is 0 Å². The second-order valence-corrected chi connectivity index (χ2v) is 5.56. The molecule has 1 aliphatic heterocycles. The maximum Gasteiger partial charge on any atom is 0.255 e. The average Bonchev–Trinajstić information content (AvgIpc) is 2.98. The number of methoxy groups -OCH3 is 1. The molecule has 2 atom stereocenters. The van der Waals surface area contributed by atoms with E-state index in [4.69, 9.17) is 4.74 Å². The fraction of sp³-hybridized carbons (Fsp3) is 0.333. The molecular formula is C18H20N2O2. The maximum atomic E-state index is 12.7. The van der Waals surface area contributed by atoms with Gasteiger partial charge in [-0.15, -0.1) is 0 Å². The van der Waals surface area contributed by atoms with Crippen molar-refractivity contribution >= 4 is 5.91 Å². The van der Waals surface area contributed by atoms with Gasteiger partial charge in [0.15, 0.2) is 0 Å². The van der Waals surface area contributed by atoms with Crippen LogP contribution in [-0.4, -0.2) is 41.6 Å². The first-order valence-corrected chi connectivity index (χ1v) is 7.57. The Kier molecular flexibility index (Phi) is 4.49. The number of hydrogen-bond donors (Lipinski definition) is 0. The molecule has 1 aliphatic rings. The molecule has 0 spiro atoms. The van der Waals surface area contributed by atoms with Crippen molar-refractivity contribution in [2.75, 3.05) is 13.7 Å². The molecular weight excluding hydrogens is 276 g/mol. The minimum absolute atomic E-state index is 0.0357. The van der Waals surface area contributed by atoms with E-state index in [1.165, 1.54) is 5.56 Å². The zero-order valence-corrected chi connectivity index (χ0v) is 12.7. The lowest BCUT2D eigenvalue weighted by molar-refractivity contribution is 0.0508. The molecule has 22 heavy (non-hydrogen) atoms. The number of rotatable bonds is 4. The van der Waals surface area contributed by atoms with Crippen LogP contribution in [0.4, 0.5) is 0 Å². The molecule has 0 radical (unpaired) electrons. The Morgan fingerprint density at radius 3 is 2.77 bits per heavy atom. The SMILES string of the molecule is CO[C@@H]1CCN(C(=O)c2cccnc2)[C@H]1Cc1ccccc1. The van der Waals surface area contributed by atoms with Crippen LogP contribution in [0.2, 0.25) is 0 Å². The van der Waals surface area contributed by atoms with Gasteiger partial charge in [0.05, 0.1) is 17.7 Å². The molecule has 1 saturated heterocycles. The normalized spacial score (nSPS) is 21.0. The molecule has 1 amide bonds. The van der Waals surface area contributed by atoms with Crippen LogP contribution in [0.3, 0.4) is 0 Å². The third-order valence-electron chi connectivity index (χ3n) is 4.24. The third-order valence-corrected chi connectivity index (χ3v) is 4.24. The lowest BCUT2D eigenvalue weighted by Gasteiger charge is -2.28. The van der Waals surface area contributed by atoms with E-state index in [2.05, 4.69) is 17.1 Å². The van der Waals surface area contributed by atoms with Gasteiger partial charge >= 0.3 is 0 Å². The van der Waals surface area contributed by atoms with E-state index in [1.54, 1.807) is 25.6 Å². The third kappa shape index (κ3) is 3.02. The van der Waals surface area contributed by atoms with Gasteiger partial charge in [-0.2, -0.15) is 0 Å². The summed E-state index contributed by atoms with van der Waals surface area (Å²) in [7, 11) is 1.72. The van der Waals surface area contributed by atoms with Gasteiger partial charge < -0.3 is 9.64 Å². The summed E-state index contributed by atoms with van der Waals surface area (Å²) in [5.41, 5.74) is 1.86. The first kappa shape index (κ1) is 14.7. The quantitative estimate of drug-likeness (QED) is 0.871. The fourth-order valence-electron chi connectivity index (χ4n) is 3.10. The number of likely N-dealkylation sites (tertiary alicyclic amines) is 1. The van der Waals surface area contributed by atoms with Crippen molar-refractivity contribution in [2.45, 2.75) is 25.0 Å².